The van der Waals surface area contributed by atoms with E-state index in [1.54, 1.807) is 12.1 Å². The number of carbonyl (C=O) groups is 1. The molecule has 2 aromatic carbocycles. The Labute approximate surface area is 175 Å². The Morgan fingerprint density at radius 3 is 2.50 bits per heavy atom. The van der Waals surface area contributed by atoms with Crippen molar-refractivity contribution in [2.45, 2.75) is 38.3 Å². The molecule has 1 aliphatic rings. The Morgan fingerprint density at radius 1 is 1.10 bits per heavy atom. The van der Waals surface area contributed by atoms with Gasteiger partial charge in [-0.05, 0) is 37.0 Å². The second kappa shape index (κ2) is 8.40. The van der Waals surface area contributed by atoms with Crippen LogP contribution in [0.15, 0.2) is 65.7 Å². The van der Waals surface area contributed by atoms with E-state index in [1.807, 2.05) is 54.3 Å². The van der Waals surface area contributed by atoms with Crippen molar-refractivity contribution in [1.29, 1.82) is 0 Å². The zero-order valence-electron chi connectivity index (χ0n) is 17.2. The highest BCUT2D eigenvalue weighted by Crippen LogP contribution is 2.25. The van der Waals surface area contributed by atoms with Gasteiger partial charge in [0.1, 0.15) is 0 Å². The molecule has 4 rings (SSSR count). The maximum atomic E-state index is 12.9. The molecule has 30 heavy (non-hydrogen) atoms. The molecule has 1 amide bonds. The largest absolute Gasteiger partial charge is 0.388 e. The van der Waals surface area contributed by atoms with Gasteiger partial charge in [0.05, 0.1) is 29.4 Å². The molecule has 6 heteroatoms. The third kappa shape index (κ3) is 4.28. The van der Waals surface area contributed by atoms with Crippen molar-refractivity contribution in [3.05, 3.63) is 76.8 Å². The Hall–Kier alpha value is -2.99. The van der Waals surface area contributed by atoms with Crippen LogP contribution >= 0.6 is 0 Å². The van der Waals surface area contributed by atoms with Gasteiger partial charge in [-0.3, -0.25) is 14.2 Å². The van der Waals surface area contributed by atoms with Crippen LogP contribution in [0.1, 0.15) is 25.3 Å². The molecule has 1 aliphatic heterocycles. The summed E-state index contributed by atoms with van der Waals surface area (Å²) in [6, 6.07) is 17.2. The zero-order chi connectivity index (χ0) is 21.1. The second-order valence-corrected chi connectivity index (χ2v) is 8.34. The van der Waals surface area contributed by atoms with Crippen molar-refractivity contribution in [2.24, 2.45) is 5.92 Å². The number of carbonyl (C=O) groups excluding carboxylic acids is 1. The van der Waals surface area contributed by atoms with Crippen molar-refractivity contribution in [3.8, 4) is 0 Å². The molecule has 1 fully saturated rings. The molecule has 6 nitrogen and oxygen atoms in total. The molecular weight excluding hydrogens is 378 g/mol. The van der Waals surface area contributed by atoms with E-state index >= 15 is 0 Å². The maximum Gasteiger partial charge on any atom is 0.261 e. The van der Waals surface area contributed by atoms with Gasteiger partial charge in [0.15, 0.2) is 0 Å². The van der Waals surface area contributed by atoms with Gasteiger partial charge in [-0.2, -0.15) is 0 Å². The first-order valence-electron chi connectivity index (χ1n) is 10.4. The lowest BCUT2D eigenvalue weighted by Gasteiger charge is -2.39. The highest BCUT2D eigenvalue weighted by Gasteiger charge is 2.35. The van der Waals surface area contributed by atoms with Crippen LogP contribution in [0, 0.1) is 5.92 Å². The van der Waals surface area contributed by atoms with E-state index in [2.05, 4.69) is 4.98 Å². The number of fused-ring (bicyclic) bond motifs is 1. The van der Waals surface area contributed by atoms with Crippen LogP contribution in [-0.2, 0) is 17.8 Å². The normalized spacial score (nSPS) is 17.1. The highest BCUT2D eigenvalue weighted by molar-refractivity contribution is 5.79. The monoisotopic (exact) mass is 405 g/mol. The molecule has 1 N–H and O–H groups in total. The van der Waals surface area contributed by atoms with E-state index < -0.39 is 5.60 Å². The van der Waals surface area contributed by atoms with Crippen molar-refractivity contribution in [3.63, 3.8) is 0 Å². The minimum absolute atomic E-state index is 0.106. The maximum absolute atomic E-state index is 12.9. The van der Waals surface area contributed by atoms with Gasteiger partial charge in [0.2, 0.25) is 5.91 Å². The predicted molar refractivity (Wildman–Crippen MR) is 116 cm³/mol. The quantitative estimate of drug-likeness (QED) is 0.708. The number of likely N-dealkylation sites (tertiary alicyclic amines) is 1. The fourth-order valence-electron chi connectivity index (χ4n) is 4.20. The van der Waals surface area contributed by atoms with E-state index in [-0.39, 0.29) is 23.9 Å². The number of nitrogens with zero attached hydrogens (tertiary/aromatic N) is 3. The minimum atomic E-state index is -1.02. The van der Waals surface area contributed by atoms with Gasteiger partial charge in [0.25, 0.3) is 5.56 Å². The second-order valence-electron chi connectivity index (χ2n) is 8.34. The summed E-state index contributed by atoms with van der Waals surface area (Å²) < 4.78 is 1.48. The average Bonchev–Trinajstić information content (AvgIpc) is 2.76. The first-order valence-corrected chi connectivity index (χ1v) is 10.4. The Morgan fingerprint density at radius 2 is 1.77 bits per heavy atom. The number of hydrogen-bond acceptors (Lipinski definition) is 4. The summed E-state index contributed by atoms with van der Waals surface area (Å²) in [7, 11) is 0. The molecule has 1 unspecified atom stereocenters. The Balaban J connectivity index is 1.39. The topological polar surface area (TPSA) is 75.4 Å². The molecule has 0 spiro atoms. The first kappa shape index (κ1) is 20.3. The van der Waals surface area contributed by atoms with E-state index in [1.165, 1.54) is 10.9 Å². The molecular formula is C24H27N3O3. The van der Waals surface area contributed by atoms with Crippen molar-refractivity contribution in [2.75, 3.05) is 13.1 Å². The highest BCUT2D eigenvalue weighted by atomic mass is 16.3. The standard InChI is InChI=1S/C24H27N3O3/c1-18(15-19-7-3-2-4-8-19)22(28)26-13-11-24(30,12-14-26)16-27-17-25-21-10-6-5-9-20(21)23(27)29/h2-10,17-18,30H,11-16H2,1H3. The van der Waals surface area contributed by atoms with Crippen LogP contribution < -0.4 is 5.56 Å². The molecule has 156 valence electrons. The summed E-state index contributed by atoms with van der Waals surface area (Å²) in [6.45, 7) is 3.12. The van der Waals surface area contributed by atoms with Gasteiger partial charge < -0.3 is 10.0 Å². The van der Waals surface area contributed by atoms with Crippen LogP contribution in [0.2, 0.25) is 0 Å². The lowest BCUT2D eigenvalue weighted by molar-refractivity contribution is -0.139. The van der Waals surface area contributed by atoms with Gasteiger partial charge in [-0.15, -0.1) is 0 Å². The Bertz CT molecular complexity index is 1090. The van der Waals surface area contributed by atoms with Gasteiger partial charge in [-0.1, -0.05) is 49.4 Å². The number of piperidine rings is 1. The molecule has 3 aromatic rings. The number of rotatable bonds is 5. The third-order valence-corrected chi connectivity index (χ3v) is 6.01. The fourth-order valence-corrected chi connectivity index (χ4v) is 4.20. The average molecular weight is 405 g/mol. The summed E-state index contributed by atoms with van der Waals surface area (Å²) in [5, 5.41) is 11.6. The number of benzene rings is 2. The third-order valence-electron chi connectivity index (χ3n) is 6.01. The summed E-state index contributed by atoms with van der Waals surface area (Å²) in [4.78, 5) is 31.7. The lowest BCUT2D eigenvalue weighted by atomic mass is 9.90. The van der Waals surface area contributed by atoms with Crippen molar-refractivity contribution in [1.82, 2.24) is 14.5 Å². The summed E-state index contributed by atoms with van der Waals surface area (Å²) >= 11 is 0. The number of aliphatic hydroxyl groups is 1. The molecule has 0 saturated carbocycles. The van der Waals surface area contributed by atoms with Crippen LogP contribution in [0.25, 0.3) is 10.9 Å². The zero-order valence-corrected chi connectivity index (χ0v) is 17.2. The molecule has 0 aliphatic carbocycles. The van der Waals surface area contributed by atoms with E-state index in [0.29, 0.717) is 43.3 Å². The SMILES string of the molecule is CC(Cc1ccccc1)C(=O)N1CCC(O)(Cn2cnc3ccccc3c2=O)CC1. The number of hydrogen-bond donors (Lipinski definition) is 1. The van der Waals surface area contributed by atoms with Crippen LogP contribution in [0.3, 0.4) is 0 Å². The molecule has 1 atom stereocenters. The summed E-state index contributed by atoms with van der Waals surface area (Å²) in [6.07, 6.45) is 3.09. The van der Waals surface area contributed by atoms with Gasteiger partial charge in [-0.25, -0.2) is 4.98 Å². The van der Waals surface area contributed by atoms with Crippen LogP contribution in [-0.4, -0.2) is 44.2 Å². The van der Waals surface area contributed by atoms with Gasteiger partial charge in [0, 0.05) is 19.0 Å². The summed E-state index contributed by atoms with van der Waals surface area (Å²) in [5.41, 5.74) is 0.630. The van der Waals surface area contributed by atoms with E-state index in [0.717, 1.165) is 5.56 Å². The summed E-state index contributed by atoms with van der Waals surface area (Å²) in [5.74, 6) is 0.0105. The molecule has 2 heterocycles. The molecule has 0 radical (unpaired) electrons. The molecule has 0 bridgehead atoms. The number of aromatic nitrogens is 2. The lowest BCUT2D eigenvalue weighted by Crippen LogP contribution is -2.50. The molecule has 1 saturated heterocycles. The van der Waals surface area contributed by atoms with Crippen molar-refractivity contribution >= 4 is 16.8 Å². The first-order chi connectivity index (χ1) is 14.5. The van der Waals surface area contributed by atoms with Crippen LogP contribution in [0.5, 0.6) is 0 Å². The smallest absolute Gasteiger partial charge is 0.261 e. The minimum Gasteiger partial charge on any atom is -0.388 e. The van der Waals surface area contributed by atoms with E-state index in [4.69, 9.17) is 0 Å². The molecule has 1 aromatic heterocycles. The predicted octanol–water partition coefficient (Wildman–Crippen LogP) is 2.63. The van der Waals surface area contributed by atoms with E-state index in [9.17, 15) is 14.7 Å². The Kier molecular flexibility index (Phi) is 5.68. The number of para-hydroxylation sites is 1. The number of amides is 1. The fraction of sp³-hybridized carbons (Fsp3) is 0.375. The van der Waals surface area contributed by atoms with Gasteiger partial charge >= 0.3 is 0 Å². The van der Waals surface area contributed by atoms with Crippen molar-refractivity contribution < 1.29 is 9.90 Å². The van der Waals surface area contributed by atoms with Crippen LogP contribution in [0.4, 0.5) is 0 Å².